The van der Waals surface area contributed by atoms with E-state index in [1.807, 2.05) is 17.5 Å². The van der Waals surface area contributed by atoms with Gasteiger partial charge in [0, 0.05) is 18.0 Å². The van der Waals surface area contributed by atoms with E-state index in [-0.39, 0.29) is 0 Å². The van der Waals surface area contributed by atoms with E-state index in [1.54, 1.807) is 18.9 Å². The quantitative estimate of drug-likeness (QED) is 0.796. The van der Waals surface area contributed by atoms with E-state index in [4.69, 9.17) is 9.83 Å². The van der Waals surface area contributed by atoms with Crippen LogP contribution < -0.4 is 0 Å². The summed E-state index contributed by atoms with van der Waals surface area (Å²) in [5, 5.41) is 1.83. The average molecular weight is 292 g/mol. The summed E-state index contributed by atoms with van der Waals surface area (Å²) < 4.78 is 0. The van der Waals surface area contributed by atoms with E-state index in [0.29, 0.717) is 6.67 Å². The van der Waals surface area contributed by atoms with Gasteiger partial charge in [0.25, 0.3) is 0 Å². The molecule has 0 amide bonds. The van der Waals surface area contributed by atoms with Crippen LogP contribution in [-0.2, 0) is 4.84 Å². The zero-order valence-corrected chi connectivity index (χ0v) is 13.2. The molecule has 5 nitrogen and oxygen atoms in total. The lowest BCUT2D eigenvalue weighted by atomic mass is 10.1. The highest BCUT2D eigenvalue weighted by Gasteiger charge is 2.35. The van der Waals surface area contributed by atoms with Gasteiger partial charge in [-0.3, -0.25) is 4.84 Å². The third-order valence-corrected chi connectivity index (χ3v) is 4.76. The molecule has 3 aliphatic rings. The Morgan fingerprint density at radius 3 is 2.90 bits per heavy atom. The van der Waals surface area contributed by atoms with Crippen LogP contribution in [0.2, 0.25) is 0 Å². The number of rotatable bonds is 3. The molecule has 0 radical (unpaired) electrons. The Morgan fingerprint density at radius 1 is 1.45 bits per heavy atom. The summed E-state index contributed by atoms with van der Waals surface area (Å²) >= 11 is 1.78. The first kappa shape index (κ1) is 13.6. The highest BCUT2D eigenvalue weighted by atomic mass is 32.2. The molecule has 3 heterocycles. The van der Waals surface area contributed by atoms with Gasteiger partial charge in [-0.1, -0.05) is 0 Å². The van der Waals surface area contributed by atoms with E-state index < -0.39 is 0 Å². The standard InChI is InChI=1S/C14H20N4OS/c1-5-16-7-10(2)13(20-4)12-14(16)18-9-17(19-3)8-11(18)6-15-12/h6,8H,5,7,9H2,1-4H3. The van der Waals surface area contributed by atoms with Gasteiger partial charge in [0.05, 0.1) is 25.2 Å². The van der Waals surface area contributed by atoms with Gasteiger partial charge in [-0.05, 0) is 25.7 Å². The van der Waals surface area contributed by atoms with Gasteiger partial charge in [-0.15, -0.1) is 11.8 Å². The number of aliphatic imine (C=N–C) groups is 1. The summed E-state index contributed by atoms with van der Waals surface area (Å²) in [4.78, 5) is 16.0. The Kier molecular flexibility index (Phi) is 3.52. The van der Waals surface area contributed by atoms with Gasteiger partial charge in [0.2, 0.25) is 0 Å². The van der Waals surface area contributed by atoms with Crippen molar-refractivity contribution in [2.45, 2.75) is 13.8 Å². The lowest BCUT2D eigenvalue weighted by Crippen LogP contribution is -2.41. The van der Waals surface area contributed by atoms with Crippen LogP contribution >= 0.6 is 11.8 Å². The fourth-order valence-electron chi connectivity index (χ4n) is 2.85. The van der Waals surface area contributed by atoms with Crippen LogP contribution in [0, 0.1) is 0 Å². The van der Waals surface area contributed by atoms with E-state index in [1.165, 1.54) is 16.3 Å². The maximum Gasteiger partial charge on any atom is 0.138 e. The third-order valence-electron chi connectivity index (χ3n) is 3.81. The lowest BCUT2D eigenvalue weighted by molar-refractivity contribution is -0.0970. The second-order valence-corrected chi connectivity index (χ2v) is 5.80. The van der Waals surface area contributed by atoms with Crippen LogP contribution in [0.4, 0.5) is 0 Å². The van der Waals surface area contributed by atoms with Crippen molar-refractivity contribution >= 4 is 18.0 Å². The number of thioether (sulfide) groups is 1. The van der Waals surface area contributed by atoms with E-state index in [2.05, 4.69) is 29.9 Å². The second-order valence-electron chi connectivity index (χ2n) is 4.98. The predicted molar refractivity (Wildman–Crippen MR) is 82.6 cm³/mol. The van der Waals surface area contributed by atoms with Crippen molar-refractivity contribution in [1.29, 1.82) is 0 Å². The van der Waals surface area contributed by atoms with Crippen LogP contribution in [0.5, 0.6) is 0 Å². The SMILES string of the molecule is CCN1CC(C)=C(SC)C2=C1N1CN(OC)C=C1C=N2. The first-order valence-electron chi connectivity index (χ1n) is 6.77. The fraction of sp³-hybridized carbons (Fsp3) is 0.500. The molecule has 0 aromatic rings. The maximum atomic E-state index is 5.32. The number of fused-ring (bicyclic) bond motifs is 2. The number of hydrogen-bond donors (Lipinski definition) is 0. The Balaban J connectivity index is 2.06. The number of allylic oxidation sites excluding steroid dienone is 1. The molecule has 3 rings (SSSR count). The summed E-state index contributed by atoms with van der Waals surface area (Å²) in [6, 6.07) is 0. The second kappa shape index (κ2) is 5.18. The Labute approximate surface area is 124 Å². The number of nitrogens with zero attached hydrogens (tertiary/aromatic N) is 4. The minimum atomic E-state index is 0.716. The van der Waals surface area contributed by atoms with Crippen molar-refractivity contribution in [2.24, 2.45) is 4.99 Å². The van der Waals surface area contributed by atoms with Crippen molar-refractivity contribution in [1.82, 2.24) is 14.9 Å². The van der Waals surface area contributed by atoms with Gasteiger partial charge in [0.1, 0.15) is 18.2 Å². The molecule has 0 fully saturated rings. The lowest BCUT2D eigenvalue weighted by Gasteiger charge is -2.40. The normalized spacial score (nSPS) is 21.6. The molecule has 0 atom stereocenters. The Morgan fingerprint density at radius 2 is 2.25 bits per heavy atom. The molecule has 0 bridgehead atoms. The summed E-state index contributed by atoms with van der Waals surface area (Å²) in [7, 11) is 1.69. The predicted octanol–water partition coefficient (Wildman–Crippen LogP) is 2.19. The first-order chi connectivity index (χ1) is 9.69. The molecule has 0 spiro atoms. The number of hydroxylamine groups is 2. The van der Waals surface area contributed by atoms with E-state index >= 15 is 0 Å². The molecule has 0 saturated heterocycles. The van der Waals surface area contributed by atoms with Crippen LogP contribution in [-0.4, -0.2) is 54.2 Å². The van der Waals surface area contributed by atoms with Crippen LogP contribution in [0.25, 0.3) is 0 Å². The highest BCUT2D eigenvalue weighted by Crippen LogP contribution is 2.40. The number of hydrogen-bond acceptors (Lipinski definition) is 6. The van der Waals surface area contributed by atoms with E-state index in [9.17, 15) is 0 Å². The molecule has 0 aromatic heterocycles. The van der Waals surface area contributed by atoms with Gasteiger partial charge >= 0.3 is 0 Å². The zero-order chi connectivity index (χ0) is 14.3. The smallest absolute Gasteiger partial charge is 0.138 e. The molecular formula is C14H20N4OS. The molecular weight excluding hydrogens is 272 g/mol. The van der Waals surface area contributed by atoms with E-state index in [0.717, 1.165) is 24.5 Å². The first-order valence-corrected chi connectivity index (χ1v) is 7.99. The van der Waals surface area contributed by atoms with Crippen LogP contribution in [0.1, 0.15) is 13.8 Å². The molecule has 3 aliphatic heterocycles. The largest absolute Gasteiger partial charge is 0.352 e. The zero-order valence-electron chi connectivity index (χ0n) is 12.4. The molecule has 0 saturated carbocycles. The van der Waals surface area contributed by atoms with Crippen LogP contribution in [0.15, 0.2) is 38.9 Å². The van der Waals surface area contributed by atoms with Crippen molar-refractivity contribution in [3.05, 3.63) is 33.9 Å². The molecule has 0 aliphatic carbocycles. The van der Waals surface area contributed by atoms with Crippen molar-refractivity contribution < 1.29 is 4.84 Å². The Hall–Kier alpha value is -1.40. The average Bonchev–Trinajstić information content (AvgIpc) is 2.89. The van der Waals surface area contributed by atoms with Crippen molar-refractivity contribution in [3.8, 4) is 0 Å². The van der Waals surface area contributed by atoms with Gasteiger partial charge in [-0.2, -0.15) is 0 Å². The molecule has 0 unspecified atom stereocenters. The third kappa shape index (κ3) is 1.94. The number of likely N-dealkylation sites (N-methyl/N-ethyl adjacent to an activating group) is 1. The van der Waals surface area contributed by atoms with Gasteiger partial charge < -0.3 is 9.80 Å². The minimum Gasteiger partial charge on any atom is -0.352 e. The summed E-state index contributed by atoms with van der Waals surface area (Å²) in [6.07, 6.45) is 6.04. The fourth-order valence-corrected chi connectivity index (χ4v) is 3.60. The van der Waals surface area contributed by atoms with Gasteiger partial charge in [-0.25, -0.2) is 10.1 Å². The molecule has 108 valence electrons. The molecule has 20 heavy (non-hydrogen) atoms. The minimum absolute atomic E-state index is 0.716. The molecule has 6 heteroatoms. The summed E-state index contributed by atoms with van der Waals surface area (Å²) in [5.74, 6) is 1.20. The Bertz CT molecular complexity index is 549. The monoisotopic (exact) mass is 292 g/mol. The topological polar surface area (TPSA) is 31.3 Å². The summed E-state index contributed by atoms with van der Waals surface area (Å²) in [6.45, 7) is 7.05. The van der Waals surface area contributed by atoms with Gasteiger partial charge in [0.15, 0.2) is 0 Å². The molecule has 0 N–H and O–H groups in total. The summed E-state index contributed by atoms with van der Waals surface area (Å²) in [5.41, 5.74) is 3.58. The van der Waals surface area contributed by atoms with Crippen molar-refractivity contribution in [3.63, 3.8) is 0 Å². The van der Waals surface area contributed by atoms with Crippen molar-refractivity contribution in [2.75, 3.05) is 33.1 Å². The highest BCUT2D eigenvalue weighted by molar-refractivity contribution is 8.02. The molecule has 0 aromatic carbocycles. The maximum absolute atomic E-state index is 5.32. The van der Waals surface area contributed by atoms with Crippen LogP contribution in [0.3, 0.4) is 0 Å².